The minimum Gasteiger partial charge on any atom is -0.373 e. The van der Waals surface area contributed by atoms with Crippen molar-refractivity contribution >= 4 is 11.5 Å². The molecule has 0 spiro atoms. The molecule has 19 heavy (non-hydrogen) atoms. The summed E-state index contributed by atoms with van der Waals surface area (Å²) in [6, 6.07) is 10.7. The van der Waals surface area contributed by atoms with Crippen LogP contribution in [-0.4, -0.2) is 19.1 Å². The molecule has 1 aromatic carbocycles. The number of aryl methyl sites for hydroxylation is 2. The molecule has 1 N–H and O–H groups in total. The van der Waals surface area contributed by atoms with Crippen molar-refractivity contribution in [2.45, 2.75) is 20.4 Å². The van der Waals surface area contributed by atoms with E-state index in [0.29, 0.717) is 0 Å². The molecule has 0 bridgehead atoms. The van der Waals surface area contributed by atoms with Crippen LogP contribution in [0.1, 0.15) is 16.7 Å². The maximum absolute atomic E-state index is 4.34. The van der Waals surface area contributed by atoms with Crippen LogP contribution in [0.15, 0.2) is 36.5 Å². The van der Waals surface area contributed by atoms with Gasteiger partial charge in [-0.1, -0.05) is 12.1 Å². The summed E-state index contributed by atoms with van der Waals surface area (Å²) in [5.41, 5.74) is 5.05. The van der Waals surface area contributed by atoms with Crippen molar-refractivity contribution in [3.63, 3.8) is 0 Å². The standard InChI is InChI=1S/C16H21N3/c1-12-7-13(2)9-15(8-12)19(4)11-14-5-6-16(17-3)18-10-14/h5-10H,11H2,1-4H3,(H,17,18). The molecule has 0 atom stereocenters. The number of hydrogen-bond donors (Lipinski definition) is 1. The predicted octanol–water partition coefficient (Wildman–Crippen LogP) is 3.38. The van der Waals surface area contributed by atoms with Crippen LogP contribution < -0.4 is 10.2 Å². The van der Waals surface area contributed by atoms with Gasteiger partial charge in [-0.05, 0) is 48.7 Å². The monoisotopic (exact) mass is 255 g/mol. The summed E-state index contributed by atoms with van der Waals surface area (Å²) in [6.45, 7) is 5.13. The van der Waals surface area contributed by atoms with Gasteiger partial charge in [0.15, 0.2) is 0 Å². The van der Waals surface area contributed by atoms with Gasteiger partial charge in [0.25, 0.3) is 0 Å². The van der Waals surface area contributed by atoms with Crippen molar-refractivity contribution in [1.29, 1.82) is 0 Å². The van der Waals surface area contributed by atoms with Gasteiger partial charge in [0.1, 0.15) is 5.82 Å². The second-order valence-electron chi connectivity index (χ2n) is 5.00. The van der Waals surface area contributed by atoms with Crippen molar-refractivity contribution in [3.8, 4) is 0 Å². The average molecular weight is 255 g/mol. The largest absolute Gasteiger partial charge is 0.373 e. The lowest BCUT2D eigenvalue weighted by molar-refractivity contribution is 0.913. The molecule has 1 aromatic heterocycles. The highest BCUT2D eigenvalue weighted by Crippen LogP contribution is 2.19. The van der Waals surface area contributed by atoms with Crippen LogP contribution in [0.4, 0.5) is 11.5 Å². The van der Waals surface area contributed by atoms with E-state index >= 15 is 0 Å². The lowest BCUT2D eigenvalue weighted by Gasteiger charge is -2.20. The summed E-state index contributed by atoms with van der Waals surface area (Å²) < 4.78 is 0. The van der Waals surface area contributed by atoms with E-state index in [4.69, 9.17) is 0 Å². The van der Waals surface area contributed by atoms with Crippen LogP contribution in [0.2, 0.25) is 0 Å². The molecule has 1 heterocycles. The fraction of sp³-hybridized carbons (Fsp3) is 0.312. The molecule has 0 fully saturated rings. The van der Waals surface area contributed by atoms with Crippen LogP contribution in [0.3, 0.4) is 0 Å². The Labute approximate surface area is 115 Å². The van der Waals surface area contributed by atoms with Gasteiger partial charge in [-0.15, -0.1) is 0 Å². The first-order valence-corrected chi connectivity index (χ1v) is 6.50. The number of nitrogens with one attached hydrogen (secondary N) is 1. The van der Waals surface area contributed by atoms with Crippen molar-refractivity contribution in [3.05, 3.63) is 53.2 Å². The van der Waals surface area contributed by atoms with Crippen LogP contribution in [-0.2, 0) is 6.54 Å². The molecule has 0 saturated heterocycles. The highest BCUT2D eigenvalue weighted by molar-refractivity contribution is 5.50. The second kappa shape index (κ2) is 5.74. The van der Waals surface area contributed by atoms with Crippen LogP contribution in [0.25, 0.3) is 0 Å². The van der Waals surface area contributed by atoms with Crippen LogP contribution in [0.5, 0.6) is 0 Å². The second-order valence-corrected chi connectivity index (χ2v) is 5.00. The maximum atomic E-state index is 4.34. The third-order valence-electron chi connectivity index (χ3n) is 3.15. The molecule has 0 saturated carbocycles. The van der Waals surface area contributed by atoms with E-state index in [2.05, 4.69) is 60.4 Å². The Kier molecular flexibility index (Phi) is 4.05. The smallest absolute Gasteiger partial charge is 0.125 e. The fourth-order valence-corrected chi connectivity index (χ4v) is 2.20. The van der Waals surface area contributed by atoms with E-state index in [1.54, 1.807) is 0 Å². The van der Waals surface area contributed by atoms with Gasteiger partial charge in [0.2, 0.25) is 0 Å². The van der Waals surface area contributed by atoms with Gasteiger partial charge < -0.3 is 10.2 Å². The molecule has 3 heteroatoms. The Balaban J connectivity index is 2.13. The first kappa shape index (κ1) is 13.4. The molecule has 2 rings (SSSR count). The van der Waals surface area contributed by atoms with E-state index in [1.165, 1.54) is 22.4 Å². The highest BCUT2D eigenvalue weighted by Gasteiger charge is 2.04. The number of benzene rings is 1. The van der Waals surface area contributed by atoms with Gasteiger partial charge in [-0.2, -0.15) is 0 Å². The van der Waals surface area contributed by atoms with Crippen LogP contribution >= 0.6 is 0 Å². The van der Waals surface area contributed by atoms with Gasteiger partial charge in [0.05, 0.1) is 0 Å². The lowest BCUT2D eigenvalue weighted by Crippen LogP contribution is -2.16. The number of rotatable bonds is 4. The number of nitrogens with zero attached hydrogens (tertiary/aromatic N) is 2. The predicted molar refractivity (Wildman–Crippen MR) is 81.8 cm³/mol. The van der Waals surface area contributed by atoms with Gasteiger partial charge in [-0.25, -0.2) is 4.98 Å². The quantitative estimate of drug-likeness (QED) is 0.907. The zero-order valence-corrected chi connectivity index (χ0v) is 12.1. The summed E-state index contributed by atoms with van der Waals surface area (Å²) >= 11 is 0. The molecule has 0 aliphatic carbocycles. The molecule has 0 radical (unpaired) electrons. The average Bonchev–Trinajstić information content (AvgIpc) is 2.38. The molecule has 3 nitrogen and oxygen atoms in total. The minimum absolute atomic E-state index is 0.861. The normalized spacial score (nSPS) is 10.3. The van der Waals surface area contributed by atoms with E-state index in [9.17, 15) is 0 Å². The Morgan fingerprint density at radius 2 is 1.79 bits per heavy atom. The van der Waals surface area contributed by atoms with E-state index in [-0.39, 0.29) is 0 Å². The molecule has 2 aromatic rings. The maximum Gasteiger partial charge on any atom is 0.125 e. The topological polar surface area (TPSA) is 28.2 Å². The Morgan fingerprint density at radius 1 is 1.11 bits per heavy atom. The Morgan fingerprint density at radius 3 is 2.32 bits per heavy atom. The van der Waals surface area contributed by atoms with Crippen molar-refractivity contribution in [1.82, 2.24) is 4.98 Å². The van der Waals surface area contributed by atoms with E-state index in [0.717, 1.165) is 12.4 Å². The molecule has 0 amide bonds. The van der Waals surface area contributed by atoms with Crippen LogP contribution in [0, 0.1) is 13.8 Å². The Bertz CT molecular complexity index is 526. The van der Waals surface area contributed by atoms with Crippen molar-refractivity contribution in [2.24, 2.45) is 0 Å². The SMILES string of the molecule is CNc1ccc(CN(C)c2cc(C)cc(C)c2)cn1. The van der Waals surface area contributed by atoms with Crippen molar-refractivity contribution in [2.75, 3.05) is 24.3 Å². The number of hydrogen-bond acceptors (Lipinski definition) is 3. The Hall–Kier alpha value is -2.03. The first-order valence-electron chi connectivity index (χ1n) is 6.50. The summed E-state index contributed by atoms with van der Waals surface area (Å²) in [5, 5.41) is 3.03. The molecule has 100 valence electrons. The minimum atomic E-state index is 0.861. The summed E-state index contributed by atoms with van der Waals surface area (Å²) in [6.07, 6.45) is 1.92. The molecule has 0 aliphatic rings. The van der Waals surface area contributed by atoms with E-state index < -0.39 is 0 Å². The first-order chi connectivity index (χ1) is 9.08. The lowest BCUT2D eigenvalue weighted by atomic mass is 10.1. The zero-order chi connectivity index (χ0) is 13.8. The molecule has 0 unspecified atom stereocenters. The summed E-state index contributed by atoms with van der Waals surface area (Å²) in [4.78, 5) is 6.59. The summed E-state index contributed by atoms with van der Waals surface area (Å²) in [5.74, 6) is 0.901. The third-order valence-corrected chi connectivity index (χ3v) is 3.15. The third kappa shape index (κ3) is 3.47. The molecule has 0 aliphatic heterocycles. The van der Waals surface area contributed by atoms with Gasteiger partial charge in [-0.3, -0.25) is 0 Å². The zero-order valence-electron chi connectivity index (χ0n) is 12.1. The molecular formula is C16H21N3. The fourth-order valence-electron chi connectivity index (χ4n) is 2.20. The number of anilines is 2. The van der Waals surface area contributed by atoms with Crippen molar-refractivity contribution < 1.29 is 0 Å². The number of aromatic nitrogens is 1. The van der Waals surface area contributed by atoms with Gasteiger partial charge >= 0.3 is 0 Å². The number of pyridine rings is 1. The van der Waals surface area contributed by atoms with E-state index in [1.807, 2.05) is 19.3 Å². The highest BCUT2D eigenvalue weighted by atomic mass is 15.1. The van der Waals surface area contributed by atoms with Gasteiger partial charge in [0, 0.05) is 32.5 Å². The molecular weight excluding hydrogens is 234 g/mol. The summed E-state index contributed by atoms with van der Waals surface area (Å²) in [7, 11) is 3.99.